The Morgan fingerprint density at radius 1 is 1.03 bits per heavy atom. The standard InChI is InChI=1S/C29H39N3O5/c1-28(2,3)37-27(33)31-18-16-30(17-19-31)21-25(29(34)14-8-5-9-15-29)24-13-12-23(20-26(24)32(35)36)22-10-6-4-7-11-22/h4,6-7,10-13,20,25,34H,5,8-9,14-19,21H2,1-3H3. The summed E-state index contributed by atoms with van der Waals surface area (Å²) in [7, 11) is 0. The van der Waals surface area contributed by atoms with E-state index in [1.165, 1.54) is 0 Å². The summed E-state index contributed by atoms with van der Waals surface area (Å²) in [6.45, 7) is 8.36. The fourth-order valence-corrected chi connectivity index (χ4v) is 5.57. The van der Waals surface area contributed by atoms with Crippen LogP contribution in [0.1, 0.15) is 64.4 Å². The highest BCUT2D eigenvalue weighted by atomic mass is 16.6. The molecule has 8 heteroatoms. The molecule has 1 atom stereocenters. The van der Waals surface area contributed by atoms with Crippen molar-refractivity contribution in [1.29, 1.82) is 0 Å². The van der Waals surface area contributed by atoms with Crippen LogP contribution in [0.2, 0.25) is 0 Å². The van der Waals surface area contributed by atoms with Crippen molar-refractivity contribution in [2.24, 2.45) is 0 Å². The number of ether oxygens (including phenoxy) is 1. The molecule has 0 aromatic heterocycles. The number of piperazine rings is 1. The molecule has 0 spiro atoms. The molecule has 2 aliphatic rings. The second kappa shape index (κ2) is 11.2. The minimum atomic E-state index is -1.00. The maximum Gasteiger partial charge on any atom is 0.410 e. The average Bonchev–Trinajstić information content (AvgIpc) is 2.87. The molecule has 1 heterocycles. The summed E-state index contributed by atoms with van der Waals surface area (Å²) in [4.78, 5) is 28.4. The van der Waals surface area contributed by atoms with Crippen LogP contribution in [0.25, 0.3) is 11.1 Å². The monoisotopic (exact) mass is 509 g/mol. The second-order valence-electron chi connectivity index (χ2n) is 11.4. The van der Waals surface area contributed by atoms with Crippen LogP contribution in [0.3, 0.4) is 0 Å². The van der Waals surface area contributed by atoms with E-state index in [0.717, 1.165) is 30.4 Å². The van der Waals surface area contributed by atoms with Crippen molar-refractivity contribution in [2.75, 3.05) is 32.7 Å². The van der Waals surface area contributed by atoms with E-state index in [9.17, 15) is 20.0 Å². The molecule has 1 saturated carbocycles. The number of nitro groups is 1. The van der Waals surface area contributed by atoms with Crippen LogP contribution in [-0.4, -0.2) is 69.8 Å². The summed E-state index contributed by atoms with van der Waals surface area (Å²) in [6, 6.07) is 15.0. The Morgan fingerprint density at radius 2 is 1.68 bits per heavy atom. The van der Waals surface area contributed by atoms with Crippen molar-refractivity contribution in [1.82, 2.24) is 9.80 Å². The third-order valence-corrected chi connectivity index (χ3v) is 7.54. The van der Waals surface area contributed by atoms with Gasteiger partial charge in [-0.2, -0.15) is 0 Å². The molecule has 1 aliphatic carbocycles. The fourth-order valence-electron chi connectivity index (χ4n) is 5.57. The highest BCUT2D eigenvalue weighted by molar-refractivity contribution is 5.69. The van der Waals surface area contributed by atoms with Gasteiger partial charge in [-0.05, 0) is 44.7 Å². The zero-order valence-corrected chi connectivity index (χ0v) is 22.2. The topological polar surface area (TPSA) is 96.2 Å². The summed E-state index contributed by atoms with van der Waals surface area (Å²) in [5.41, 5.74) is 0.801. The molecule has 37 heavy (non-hydrogen) atoms. The van der Waals surface area contributed by atoms with Gasteiger partial charge in [-0.1, -0.05) is 61.7 Å². The van der Waals surface area contributed by atoms with E-state index in [1.807, 2.05) is 63.2 Å². The number of carbonyl (C=O) groups excluding carboxylic acids is 1. The van der Waals surface area contributed by atoms with Crippen molar-refractivity contribution in [2.45, 2.75) is 70.0 Å². The molecule has 1 N–H and O–H groups in total. The molecule has 8 nitrogen and oxygen atoms in total. The lowest BCUT2D eigenvalue weighted by Gasteiger charge is -2.43. The summed E-state index contributed by atoms with van der Waals surface area (Å²) >= 11 is 0. The Kier molecular flexibility index (Phi) is 8.19. The van der Waals surface area contributed by atoms with E-state index in [1.54, 1.807) is 11.0 Å². The van der Waals surface area contributed by atoms with Crippen LogP contribution in [-0.2, 0) is 4.74 Å². The Morgan fingerprint density at radius 3 is 2.27 bits per heavy atom. The molecular weight excluding hydrogens is 470 g/mol. The van der Waals surface area contributed by atoms with Crippen molar-refractivity contribution in [3.8, 4) is 11.1 Å². The van der Waals surface area contributed by atoms with Crippen molar-refractivity contribution < 1.29 is 19.6 Å². The van der Waals surface area contributed by atoms with Crippen LogP contribution in [0.4, 0.5) is 10.5 Å². The van der Waals surface area contributed by atoms with Crippen molar-refractivity contribution >= 4 is 11.8 Å². The minimum Gasteiger partial charge on any atom is -0.444 e. The molecule has 1 amide bonds. The Bertz CT molecular complexity index is 1080. The van der Waals surface area contributed by atoms with Crippen molar-refractivity contribution in [3.63, 3.8) is 0 Å². The number of benzene rings is 2. The molecule has 1 aliphatic heterocycles. The van der Waals surface area contributed by atoms with Crippen LogP contribution in [0.15, 0.2) is 48.5 Å². The maximum atomic E-state index is 12.5. The van der Waals surface area contributed by atoms with E-state index in [4.69, 9.17) is 4.74 Å². The van der Waals surface area contributed by atoms with Gasteiger partial charge in [0, 0.05) is 50.3 Å². The zero-order valence-electron chi connectivity index (χ0n) is 22.2. The first-order valence-corrected chi connectivity index (χ1v) is 13.3. The maximum absolute atomic E-state index is 12.5. The van der Waals surface area contributed by atoms with E-state index >= 15 is 0 Å². The summed E-state index contributed by atoms with van der Waals surface area (Å²) in [5, 5.41) is 24.1. The highest BCUT2D eigenvalue weighted by Crippen LogP contribution is 2.44. The highest BCUT2D eigenvalue weighted by Gasteiger charge is 2.43. The largest absolute Gasteiger partial charge is 0.444 e. The van der Waals surface area contributed by atoms with Crippen LogP contribution in [0.5, 0.6) is 0 Å². The second-order valence-corrected chi connectivity index (χ2v) is 11.4. The van der Waals surface area contributed by atoms with Crippen LogP contribution < -0.4 is 0 Å². The van der Waals surface area contributed by atoms with E-state index in [-0.39, 0.29) is 16.7 Å². The van der Waals surface area contributed by atoms with Crippen molar-refractivity contribution in [3.05, 3.63) is 64.2 Å². The SMILES string of the molecule is CC(C)(C)OC(=O)N1CCN(CC(c2ccc(-c3ccccc3)cc2[N+](=O)[O-])C2(O)CCCCC2)CC1. The van der Waals surface area contributed by atoms with Crippen LogP contribution >= 0.6 is 0 Å². The van der Waals surface area contributed by atoms with Gasteiger partial charge < -0.3 is 14.7 Å². The zero-order chi connectivity index (χ0) is 26.6. The predicted molar refractivity (Wildman–Crippen MR) is 144 cm³/mol. The summed E-state index contributed by atoms with van der Waals surface area (Å²) < 4.78 is 5.52. The number of amides is 1. The number of carbonyl (C=O) groups is 1. The number of hydrogen-bond acceptors (Lipinski definition) is 6. The first-order chi connectivity index (χ1) is 17.6. The van der Waals surface area contributed by atoms with E-state index in [0.29, 0.717) is 51.1 Å². The van der Waals surface area contributed by atoms with Gasteiger partial charge in [-0.25, -0.2) is 4.79 Å². The molecule has 2 aromatic rings. The van der Waals surface area contributed by atoms with Gasteiger partial charge in [0.25, 0.3) is 5.69 Å². The Balaban J connectivity index is 1.59. The number of hydrogen-bond donors (Lipinski definition) is 1. The molecule has 0 radical (unpaired) electrons. The van der Waals surface area contributed by atoms with E-state index < -0.39 is 17.1 Å². The first kappa shape index (κ1) is 27.1. The van der Waals surface area contributed by atoms with Gasteiger partial charge in [0.1, 0.15) is 5.60 Å². The third kappa shape index (κ3) is 6.67. The molecule has 1 saturated heterocycles. The minimum absolute atomic E-state index is 0.0535. The average molecular weight is 510 g/mol. The lowest BCUT2D eigenvalue weighted by Crippen LogP contribution is -2.52. The summed E-state index contributed by atoms with van der Waals surface area (Å²) in [6.07, 6.45) is 3.84. The number of nitrogens with zero attached hydrogens (tertiary/aromatic N) is 3. The van der Waals surface area contributed by atoms with Gasteiger partial charge >= 0.3 is 6.09 Å². The molecule has 0 bridgehead atoms. The van der Waals surface area contributed by atoms with Gasteiger partial charge in [0.2, 0.25) is 0 Å². The lowest BCUT2D eigenvalue weighted by molar-refractivity contribution is -0.386. The van der Waals surface area contributed by atoms with Gasteiger partial charge in [-0.15, -0.1) is 0 Å². The summed E-state index contributed by atoms with van der Waals surface area (Å²) in [5.74, 6) is -0.397. The van der Waals surface area contributed by atoms with Gasteiger partial charge in [0.15, 0.2) is 0 Å². The molecule has 2 aromatic carbocycles. The number of aliphatic hydroxyl groups is 1. The Hall–Kier alpha value is -2.97. The third-order valence-electron chi connectivity index (χ3n) is 7.54. The van der Waals surface area contributed by atoms with Gasteiger partial charge in [0.05, 0.1) is 10.5 Å². The quantitative estimate of drug-likeness (QED) is 0.403. The molecular formula is C29H39N3O5. The molecule has 4 rings (SSSR count). The number of rotatable bonds is 6. The predicted octanol–water partition coefficient (Wildman–Crippen LogP) is 5.59. The smallest absolute Gasteiger partial charge is 0.410 e. The lowest BCUT2D eigenvalue weighted by atomic mass is 9.72. The normalized spacial score (nSPS) is 19.3. The Labute approximate surface area is 219 Å². The molecule has 1 unspecified atom stereocenters. The number of nitro benzene ring substituents is 1. The first-order valence-electron chi connectivity index (χ1n) is 13.3. The van der Waals surface area contributed by atoms with E-state index in [2.05, 4.69) is 4.90 Å². The fraction of sp³-hybridized carbons (Fsp3) is 0.552. The molecule has 200 valence electrons. The molecule has 2 fully saturated rings. The van der Waals surface area contributed by atoms with Crippen LogP contribution in [0, 0.1) is 10.1 Å². The van der Waals surface area contributed by atoms with Gasteiger partial charge in [-0.3, -0.25) is 15.0 Å².